The van der Waals surface area contributed by atoms with E-state index < -0.39 is 12.2 Å². The van der Waals surface area contributed by atoms with E-state index in [1.54, 1.807) is 12.1 Å². The van der Waals surface area contributed by atoms with E-state index in [4.69, 9.17) is 0 Å². The van der Waals surface area contributed by atoms with Gasteiger partial charge < -0.3 is 5.32 Å². The fourth-order valence-corrected chi connectivity index (χ4v) is 2.67. The van der Waals surface area contributed by atoms with Crippen LogP contribution >= 0.6 is 0 Å². The Morgan fingerprint density at radius 3 is 2.65 bits per heavy atom. The molecule has 0 aliphatic rings. The molecule has 0 radical (unpaired) electrons. The molecule has 1 aromatic heterocycles. The molecule has 0 unspecified atom stereocenters. The number of carbonyl (C=O) groups is 1. The predicted molar refractivity (Wildman–Crippen MR) is 96.3 cm³/mol. The van der Waals surface area contributed by atoms with Gasteiger partial charge in [-0.2, -0.15) is 0 Å². The summed E-state index contributed by atoms with van der Waals surface area (Å²) in [7, 11) is 0. The summed E-state index contributed by atoms with van der Waals surface area (Å²) in [5.74, 6) is -0.351. The Balaban J connectivity index is 1.77. The van der Waals surface area contributed by atoms with Gasteiger partial charge in [0.1, 0.15) is 18.7 Å². The third-order valence-corrected chi connectivity index (χ3v) is 4.19. The van der Waals surface area contributed by atoms with Gasteiger partial charge in [-0.05, 0) is 37.1 Å². The summed E-state index contributed by atoms with van der Waals surface area (Å²) in [6.07, 6.45) is 0. The van der Waals surface area contributed by atoms with E-state index in [0.29, 0.717) is 11.1 Å². The minimum atomic E-state index is -0.674. The lowest BCUT2D eigenvalue weighted by Gasteiger charge is -2.15. The molecule has 7 heteroatoms. The maximum absolute atomic E-state index is 12.8. The van der Waals surface area contributed by atoms with Gasteiger partial charge in [-0.3, -0.25) is 9.59 Å². The molecule has 0 aliphatic heterocycles. The average Bonchev–Trinajstić information content (AvgIpc) is 2.64. The van der Waals surface area contributed by atoms with Crippen LogP contribution in [0.4, 0.5) is 4.39 Å². The van der Waals surface area contributed by atoms with Crippen molar-refractivity contribution in [3.8, 4) is 0 Å². The zero-order valence-corrected chi connectivity index (χ0v) is 14.6. The molecule has 0 fully saturated rings. The van der Waals surface area contributed by atoms with Crippen LogP contribution < -0.4 is 10.9 Å². The van der Waals surface area contributed by atoms with Gasteiger partial charge in [-0.15, -0.1) is 5.10 Å². The molecule has 3 rings (SSSR count). The van der Waals surface area contributed by atoms with E-state index in [-0.39, 0.29) is 23.9 Å². The Hall–Kier alpha value is -3.09. The summed E-state index contributed by atoms with van der Waals surface area (Å²) in [6.45, 7) is 2.93. The van der Waals surface area contributed by atoms with Crippen molar-refractivity contribution in [2.75, 3.05) is 0 Å². The molecule has 1 amide bonds. The number of nitrogens with zero attached hydrogens (tertiary/aromatic N) is 3. The van der Waals surface area contributed by atoms with Crippen molar-refractivity contribution in [1.82, 2.24) is 20.3 Å². The molecular formula is C19H19FN4O2. The lowest BCUT2D eigenvalue weighted by molar-refractivity contribution is -0.122. The van der Waals surface area contributed by atoms with Crippen molar-refractivity contribution in [2.45, 2.75) is 33.1 Å². The Kier molecular flexibility index (Phi) is 5.06. The largest absolute Gasteiger partial charge is 0.348 e. The van der Waals surface area contributed by atoms with Gasteiger partial charge in [-0.1, -0.05) is 41.1 Å². The number of aryl methyl sites for hydroxylation is 1. The first-order valence-electron chi connectivity index (χ1n) is 8.26. The topological polar surface area (TPSA) is 76.9 Å². The Morgan fingerprint density at radius 1 is 1.23 bits per heavy atom. The lowest BCUT2D eigenvalue weighted by Crippen LogP contribution is -2.35. The number of halogens is 1. The second kappa shape index (κ2) is 7.43. The molecule has 0 spiro atoms. The zero-order chi connectivity index (χ0) is 18.7. The number of nitrogens with one attached hydrogen (secondary N) is 1. The Morgan fingerprint density at radius 2 is 1.96 bits per heavy atom. The van der Waals surface area contributed by atoms with E-state index in [9.17, 15) is 14.0 Å². The number of aromatic nitrogens is 3. The van der Waals surface area contributed by atoms with E-state index in [2.05, 4.69) is 15.6 Å². The van der Waals surface area contributed by atoms with Crippen LogP contribution in [0.1, 0.15) is 29.7 Å². The molecule has 2 aromatic carbocycles. The van der Waals surface area contributed by atoms with Crippen LogP contribution in [-0.4, -0.2) is 20.9 Å². The fraction of sp³-hybridized carbons (Fsp3) is 0.263. The Labute approximate surface area is 149 Å². The van der Waals surface area contributed by atoms with Gasteiger partial charge in [-0.25, -0.2) is 9.07 Å². The van der Waals surface area contributed by atoms with Crippen molar-refractivity contribution in [1.29, 1.82) is 0 Å². The minimum absolute atomic E-state index is 0.203. The van der Waals surface area contributed by atoms with Crippen molar-refractivity contribution in [3.63, 3.8) is 0 Å². The summed E-state index contributed by atoms with van der Waals surface area (Å²) in [5.41, 5.74) is 2.39. The second-order valence-corrected chi connectivity index (χ2v) is 6.24. The van der Waals surface area contributed by atoms with Gasteiger partial charge in [0.2, 0.25) is 5.91 Å². The number of alkyl halides is 1. The minimum Gasteiger partial charge on any atom is -0.348 e. The zero-order valence-electron chi connectivity index (χ0n) is 14.6. The highest BCUT2D eigenvalue weighted by atomic mass is 19.1. The highest BCUT2D eigenvalue weighted by molar-refractivity contribution is 5.79. The third-order valence-electron chi connectivity index (χ3n) is 4.19. The number of benzene rings is 2. The van der Waals surface area contributed by atoms with Gasteiger partial charge in [0, 0.05) is 0 Å². The van der Waals surface area contributed by atoms with Crippen molar-refractivity contribution in [2.24, 2.45) is 0 Å². The number of hydrogen-bond donors (Lipinski definition) is 1. The van der Waals surface area contributed by atoms with E-state index in [0.717, 1.165) is 15.8 Å². The maximum atomic E-state index is 12.8. The molecule has 26 heavy (non-hydrogen) atoms. The van der Waals surface area contributed by atoms with Crippen LogP contribution in [0.5, 0.6) is 0 Å². The van der Waals surface area contributed by atoms with Crippen LogP contribution in [0, 0.1) is 6.92 Å². The third kappa shape index (κ3) is 3.77. The molecule has 3 aromatic rings. The fourth-order valence-electron chi connectivity index (χ4n) is 2.67. The van der Waals surface area contributed by atoms with Crippen LogP contribution in [0.2, 0.25) is 0 Å². The summed E-state index contributed by atoms with van der Waals surface area (Å²) < 4.78 is 13.8. The Bertz CT molecular complexity index is 999. The molecule has 1 heterocycles. The van der Waals surface area contributed by atoms with Gasteiger partial charge in [0.15, 0.2) is 0 Å². The first-order valence-corrected chi connectivity index (χ1v) is 8.26. The summed E-state index contributed by atoms with van der Waals surface area (Å²) in [4.78, 5) is 24.8. The first kappa shape index (κ1) is 17.7. The number of hydrogen-bond acceptors (Lipinski definition) is 4. The number of rotatable bonds is 5. The smallest absolute Gasteiger partial charge is 0.278 e. The SMILES string of the molecule is Cc1ccc([C@H](C)NC(=O)Cn2nnc3ccc(CF)cc3c2=O)cc1. The summed E-state index contributed by atoms with van der Waals surface area (Å²) in [5, 5.41) is 10.8. The number of amides is 1. The van der Waals surface area contributed by atoms with Gasteiger partial charge in [0.25, 0.3) is 5.56 Å². The molecule has 0 saturated carbocycles. The lowest BCUT2D eigenvalue weighted by atomic mass is 10.1. The highest BCUT2D eigenvalue weighted by Crippen LogP contribution is 2.13. The number of carbonyl (C=O) groups excluding carboxylic acids is 1. The molecule has 1 atom stereocenters. The average molecular weight is 354 g/mol. The molecule has 0 saturated heterocycles. The quantitative estimate of drug-likeness (QED) is 0.763. The van der Waals surface area contributed by atoms with Crippen molar-refractivity contribution < 1.29 is 9.18 Å². The molecule has 134 valence electrons. The number of fused-ring (bicyclic) bond motifs is 1. The van der Waals surface area contributed by atoms with E-state index in [1.165, 1.54) is 6.07 Å². The second-order valence-electron chi connectivity index (χ2n) is 6.24. The molecule has 0 aliphatic carbocycles. The molecular weight excluding hydrogens is 335 g/mol. The van der Waals surface area contributed by atoms with Crippen LogP contribution in [-0.2, 0) is 18.0 Å². The molecule has 1 N–H and O–H groups in total. The van der Waals surface area contributed by atoms with Crippen LogP contribution in [0.15, 0.2) is 47.3 Å². The first-order chi connectivity index (χ1) is 12.5. The van der Waals surface area contributed by atoms with Crippen molar-refractivity contribution >= 4 is 16.8 Å². The predicted octanol–water partition coefficient (Wildman–Crippen LogP) is 2.45. The highest BCUT2D eigenvalue weighted by Gasteiger charge is 2.13. The standard InChI is InChI=1S/C19H19FN4O2/c1-12-3-6-15(7-4-12)13(2)21-18(25)11-24-19(26)16-9-14(10-20)5-8-17(16)22-23-24/h3-9,13H,10-11H2,1-2H3,(H,21,25)/t13-/m0/s1. The van der Waals surface area contributed by atoms with E-state index >= 15 is 0 Å². The van der Waals surface area contributed by atoms with Gasteiger partial charge >= 0.3 is 0 Å². The normalized spacial score (nSPS) is 12.1. The van der Waals surface area contributed by atoms with Gasteiger partial charge in [0.05, 0.1) is 11.4 Å². The van der Waals surface area contributed by atoms with Crippen LogP contribution in [0.3, 0.4) is 0 Å². The van der Waals surface area contributed by atoms with Crippen molar-refractivity contribution in [3.05, 3.63) is 69.5 Å². The monoisotopic (exact) mass is 354 g/mol. The maximum Gasteiger partial charge on any atom is 0.278 e. The summed E-state index contributed by atoms with van der Waals surface area (Å²) in [6, 6.07) is 12.2. The molecule has 6 nitrogen and oxygen atoms in total. The van der Waals surface area contributed by atoms with E-state index in [1.807, 2.05) is 38.1 Å². The molecule has 0 bridgehead atoms. The van der Waals surface area contributed by atoms with Crippen LogP contribution in [0.25, 0.3) is 10.9 Å². The summed E-state index contributed by atoms with van der Waals surface area (Å²) >= 11 is 0.